The SMILES string of the molecule is COc1cc2c(cc1OC)C(COc1ccc(C(C)C)cc1)N(C(=S)Nc1ccccc1C)CC2. The van der Waals surface area contributed by atoms with Crippen molar-refractivity contribution < 1.29 is 14.2 Å². The minimum atomic E-state index is -0.0765. The summed E-state index contributed by atoms with van der Waals surface area (Å²) in [5.74, 6) is 2.78. The summed E-state index contributed by atoms with van der Waals surface area (Å²) in [5.41, 5.74) is 5.82. The molecule has 0 saturated heterocycles. The summed E-state index contributed by atoms with van der Waals surface area (Å²) in [5, 5.41) is 4.14. The zero-order chi connectivity index (χ0) is 24.9. The largest absolute Gasteiger partial charge is 0.493 e. The van der Waals surface area contributed by atoms with Gasteiger partial charge in [-0.25, -0.2) is 0 Å². The molecular weight excluding hydrogens is 456 g/mol. The van der Waals surface area contributed by atoms with Crippen molar-refractivity contribution in [1.82, 2.24) is 4.90 Å². The summed E-state index contributed by atoms with van der Waals surface area (Å²) in [4.78, 5) is 2.22. The predicted octanol–water partition coefficient (Wildman–Crippen LogP) is 6.51. The second-order valence-corrected chi connectivity index (χ2v) is 9.53. The van der Waals surface area contributed by atoms with E-state index in [0.29, 0.717) is 23.4 Å². The Bertz CT molecular complexity index is 1180. The van der Waals surface area contributed by atoms with Crippen LogP contribution in [-0.4, -0.2) is 37.4 Å². The number of anilines is 1. The molecule has 0 aromatic heterocycles. The maximum Gasteiger partial charge on any atom is 0.174 e. The molecule has 0 aliphatic carbocycles. The van der Waals surface area contributed by atoms with Gasteiger partial charge in [-0.3, -0.25) is 0 Å². The molecule has 5 nitrogen and oxygen atoms in total. The van der Waals surface area contributed by atoms with Gasteiger partial charge in [-0.2, -0.15) is 0 Å². The molecule has 3 aromatic rings. The van der Waals surface area contributed by atoms with Gasteiger partial charge in [0.05, 0.1) is 20.3 Å². The highest BCUT2D eigenvalue weighted by Gasteiger charge is 2.31. The first-order chi connectivity index (χ1) is 16.9. The molecule has 0 saturated carbocycles. The van der Waals surface area contributed by atoms with E-state index in [1.54, 1.807) is 14.2 Å². The lowest BCUT2D eigenvalue weighted by Gasteiger charge is -2.39. The highest BCUT2D eigenvalue weighted by Crippen LogP contribution is 2.39. The van der Waals surface area contributed by atoms with Crippen LogP contribution in [0.15, 0.2) is 60.7 Å². The smallest absolute Gasteiger partial charge is 0.174 e. The Morgan fingerprint density at radius 2 is 1.71 bits per heavy atom. The number of fused-ring (bicyclic) bond motifs is 1. The lowest BCUT2D eigenvalue weighted by Crippen LogP contribution is -2.44. The maximum absolute atomic E-state index is 6.32. The molecule has 1 atom stereocenters. The van der Waals surface area contributed by atoms with Crippen LogP contribution in [0.1, 0.15) is 48.1 Å². The van der Waals surface area contributed by atoms with Crippen molar-refractivity contribution in [2.24, 2.45) is 0 Å². The molecule has 0 spiro atoms. The Kier molecular flexibility index (Phi) is 7.81. The van der Waals surface area contributed by atoms with Crippen LogP contribution in [0.25, 0.3) is 0 Å². The van der Waals surface area contributed by atoms with Gasteiger partial charge in [0.15, 0.2) is 16.6 Å². The van der Waals surface area contributed by atoms with Gasteiger partial charge in [0.2, 0.25) is 0 Å². The zero-order valence-corrected chi connectivity index (χ0v) is 21.9. The first-order valence-corrected chi connectivity index (χ1v) is 12.4. The van der Waals surface area contributed by atoms with Crippen molar-refractivity contribution >= 4 is 23.0 Å². The highest BCUT2D eigenvalue weighted by molar-refractivity contribution is 7.80. The number of aryl methyl sites for hydroxylation is 1. The molecule has 1 unspecified atom stereocenters. The lowest BCUT2D eigenvalue weighted by atomic mass is 9.92. The Balaban J connectivity index is 1.63. The first kappa shape index (κ1) is 24.9. The predicted molar refractivity (Wildman–Crippen MR) is 146 cm³/mol. The van der Waals surface area contributed by atoms with Crippen LogP contribution in [0.4, 0.5) is 5.69 Å². The number of methoxy groups -OCH3 is 2. The van der Waals surface area contributed by atoms with Crippen molar-refractivity contribution in [1.29, 1.82) is 0 Å². The molecule has 6 heteroatoms. The minimum Gasteiger partial charge on any atom is -0.493 e. The summed E-state index contributed by atoms with van der Waals surface area (Å²) >= 11 is 5.91. The Morgan fingerprint density at radius 1 is 1.03 bits per heavy atom. The van der Waals surface area contributed by atoms with Gasteiger partial charge in [-0.15, -0.1) is 0 Å². The van der Waals surface area contributed by atoms with Crippen molar-refractivity contribution in [3.05, 3.63) is 82.9 Å². The number of rotatable bonds is 7. The average Bonchev–Trinajstić information content (AvgIpc) is 2.87. The molecule has 0 bridgehead atoms. The first-order valence-electron chi connectivity index (χ1n) is 12.0. The molecule has 0 amide bonds. The van der Waals surface area contributed by atoms with Gasteiger partial charge in [0.1, 0.15) is 12.4 Å². The van der Waals surface area contributed by atoms with Crippen molar-refractivity contribution in [2.75, 3.05) is 32.7 Å². The Morgan fingerprint density at radius 3 is 2.37 bits per heavy atom. The topological polar surface area (TPSA) is 43.0 Å². The quantitative estimate of drug-likeness (QED) is 0.381. The van der Waals surface area contributed by atoms with Crippen LogP contribution in [0, 0.1) is 6.92 Å². The molecule has 1 aliphatic heterocycles. The number of hydrogen-bond donors (Lipinski definition) is 1. The molecule has 4 rings (SSSR count). The minimum absolute atomic E-state index is 0.0765. The summed E-state index contributed by atoms with van der Waals surface area (Å²) < 4.78 is 17.5. The summed E-state index contributed by atoms with van der Waals surface area (Å²) in [6, 6.07) is 20.6. The fourth-order valence-electron chi connectivity index (χ4n) is 4.48. The van der Waals surface area contributed by atoms with Gasteiger partial charge in [0, 0.05) is 12.2 Å². The van der Waals surface area contributed by atoms with Crippen LogP contribution < -0.4 is 19.5 Å². The zero-order valence-electron chi connectivity index (χ0n) is 21.1. The number of nitrogens with one attached hydrogen (secondary N) is 1. The van der Waals surface area contributed by atoms with Gasteiger partial charge >= 0.3 is 0 Å². The van der Waals surface area contributed by atoms with Gasteiger partial charge < -0.3 is 24.4 Å². The van der Waals surface area contributed by atoms with E-state index < -0.39 is 0 Å². The number of thiocarbonyl (C=S) groups is 1. The van der Waals surface area contributed by atoms with Crippen LogP contribution in [0.5, 0.6) is 17.2 Å². The third kappa shape index (κ3) is 5.54. The van der Waals surface area contributed by atoms with E-state index in [1.165, 1.54) is 11.1 Å². The molecule has 35 heavy (non-hydrogen) atoms. The number of benzene rings is 3. The molecule has 0 radical (unpaired) electrons. The van der Waals surface area contributed by atoms with Gasteiger partial charge in [-0.05, 0) is 84.1 Å². The second kappa shape index (κ2) is 11.0. The van der Waals surface area contributed by atoms with Crippen molar-refractivity contribution in [3.63, 3.8) is 0 Å². The third-order valence-corrected chi connectivity index (χ3v) is 6.94. The lowest BCUT2D eigenvalue weighted by molar-refractivity contribution is 0.190. The number of nitrogens with zero attached hydrogens (tertiary/aromatic N) is 1. The molecule has 1 N–H and O–H groups in total. The normalized spacial score (nSPS) is 14.9. The molecular formula is C29H34N2O3S. The van der Waals surface area contributed by atoms with E-state index in [2.05, 4.69) is 67.4 Å². The van der Waals surface area contributed by atoms with Gasteiger partial charge in [0.25, 0.3) is 0 Å². The Hall–Kier alpha value is -3.25. The molecule has 1 aliphatic rings. The third-order valence-electron chi connectivity index (χ3n) is 6.60. The Labute approximate surface area is 214 Å². The van der Waals surface area contributed by atoms with Crippen molar-refractivity contribution in [3.8, 4) is 17.2 Å². The fraction of sp³-hybridized carbons (Fsp3) is 0.345. The summed E-state index contributed by atoms with van der Waals surface area (Å²) in [6.07, 6.45) is 0.852. The molecule has 3 aromatic carbocycles. The fourth-order valence-corrected chi connectivity index (χ4v) is 4.80. The molecule has 1 heterocycles. The van der Waals surface area contributed by atoms with Crippen LogP contribution >= 0.6 is 12.2 Å². The van der Waals surface area contributed by atoms with E-state index in [9.17, 15) is 0 Å². The van der Waals surface area contributed by atoms with E-state index in [-0.39, 0.29) is 6.04 Å². The van der Waals surface area contributed by atoms with Gasteiger partial charge in [-0.1, -0.05) is 44.2 Å². The van der Waals surface area contributed by atoms with E-state index in [1.807, 2.05) is 24.3 Å². The number of para-hydroxylation sites is 1. The monoisotopic (exact) mass is 490 g/mol. The maximum atomic E-state index is 6.32. The van der Waals surface area contributed by atoms with Crippen molar-refractivity contribution in [2.45, 2.75) is 39.2 Å². The average molecular weight is 491 g/mol. The number of ether oxygens (including phenoxy) is 3. The summed E-state index contributed by atoms with van der Waals surface area (Å²) in [7, 11) is 3.33. The summed E-state index contributed by atoms with van der Waals surface area (Å²) in [6.45, 7) is 7.70. The van der Waals surface area contributed by atoms with Crippen LogP contribution in [0.3, 0.4) is 0 Å². The van der Waals surface area contributed by atoms with E-state index in [0.717, 1.165) is 41.3 Å². The highest BCUT2D eigenvalue weighted by atomic mass is 32.1. The molecule has 184 valence electrons. The standard InChI is InChI=1S/C29H34N2O3S/c1-19(2)21-10-12-23(13-11-21)34-18-26-24-17-28(33-5)27(32-4)16-22(24)14-15-31(26)29(35)30-25-9-7-6-8-20(25)3/h6-13,16-17,19,26H,14-15,18H2,1-5H3,(H,30,35). The van der Waals surface area contributed by atoms with Crippen LogP contribution in [0.2, 0.25) is 0 Å². The van der Waals surface area contributed by atoms with Crippen LogP contribution in [-0.2, 0) is 6.42 Å². The van der Waals surface area contributed by atoms with E-state index >= 15 is 0 Å². The van der Waals surface area contributed by atoms with E-state index in [4.69, 9.17) is 26.4 Å². The second-order valence-electron chi connectivity index (χ2n) is 9.15. The number of hydrogen-bond acceptors (Lipinski definition) is 4. The molecule has 0 fully saturated rings.